The van der Waals surface area contributed by atoms with E-state index in [0.717, 1.165) is 0 Å². The van der Waals surface area contributed by atoms with Crippen LogP contribution in [0.1, 0.15) is 0 Å². The maximum absolute atomic E-state index is 6.20. The van der Waals surface area contributed by atoms with Gasteiger partial charge in [0.05, 0.1) is 0 Å². The topological polar surface area (TPSA) is 46.2 Å². The minimum absolute atomic E-state index is 1.55. The van der Waals surface area contributed by atoms with Crippen LogP contribution < -0.4 is 0 Å². The van der Waals surface area contributed by atoms with Crippen molar-refractivity contribution < 1.29 is 21.2 Å². The van der Waals surface area contributed by atoms with Crippen LogP contribution in [0.3, 0.4) is 0 Å². The van der Waals surface area contributed by atoms with Gasteiger partial charge in [0, 0.05) is 14.2 Å². The Labute approximate surface area is 133 Å². The molecule has 0 saturated carbocycles. The Hall–Kier alpha value is 0.148. The molecule has 0 N–H and O–H groups in total. The first kappa shape index (κ1) is 21.1. The Morgan fingerprint density at radius 2 is 1.05 bits per heavy atom. The smallest absolute Gasteiger partial charge is 0.433 e. The van der Waals surface area contributed by atoms with Crippen LogP contribution in [0.25, 0.3) is 0 Å². The van der Waals surface area contributed by atoms with Crippen molar-refractivity contribution in [3.05, 3.63) is 24.6 Å². The van der Waals surface area contributed by atoms with Crippen molar-refractivity contribution in [3.63, 3.8) is 0 Å². The predicted octanol–water partition coefficient (Wildman–Crippen LogP) is 3.33. The average molecular weight is 367 g/mol. The second kappa shape index (κ2) is 7.61. The van der Waals surface area contributed by atoms with Crippen molar-refractivity contribution in [2.24, 2.45) is 0 Å². The molecule has 0 unspecified atom stereocenters. The summed E-state index contributed by atoms with van der Waals surface area (Å²) in [6, 6.07) is 0. The van der Waals surface area contributed by atoms with E-state index < -0.39 is 34.2 Å². The van der Waals surface area contributed by atoms with Crippen molar-refractivity contribution in [1.29, 1.82) is 0 Å². The molecule has 0 saturated heterocycles. The summed E-state index contributed by atoms with van der Waals surface area (Å²) in [5, 5.41) is 0. The van der Waals surface area contributed by atoms with Crippen LogP contribution >= 0.6 is 0 Å². The second-order valence-electron chi connectivity index (χ2n) is 6.23. The van der Waals surface area contributed by atoms with Crippen molar-refractivity contribution in [2.45, 2.75) is 39.3 Å². The normalized spacial score (nSPS) is 14.1. The van der Waals surface area contributed by atoms with Crippen molar-refractivity contribution >= 4 is 34.2 Å². The Kier molecular flexibility index (Phi) is 7.67. The molecule has 0 aliphatic rings. The van der Waals surface area contributed by atoms with Crippen molar-refractivity contribution in [1.82, 2.24) is 0 Å². The second-order valence-corrected chi connectivity index (χ2v) is 20.5. The first-order valence-electron chi connectivity index (χ1n) is 6.84. The van der Waals surface area contributed by atoms with Crippen LogP contribution in [0.2, 0.25) is 39.3 Å². The third-order valence-corrected chi connectivity index (χ3v) is 15.9. The fraction of sp³-hybridized carbons (Fsp3) is 0.667. The molecule has 21 heavy (non-hydrogen) atoms. The third kappa shape index (κ3) is 7.30. The molecule has 0 aromatic rings. The van der Waals surface area contributed by atoms with E-state index in [1.807, 2.05) is 37.6 Å². The van der Waals surface area contributed by atoms with Gasteiger partial charge in [-0.15, -0.1) is 13.2 Å². The fourth-order valence-electron chi connectivity index (χ4n) is 1.63. The van der Waals surface area contributed by atoms with Gasteiger partial charge in [0.25, 0.3) is 0 Å². The average Bonchev–Trinajstić information content (AvgIpc) is 2.36. The first-order valence-corrected chi connectivity index (χ1v) is 17.3. The summed E-state index contributed by atoms with van der Waals surface area (Å²) in [7, 11) is -6.70. The van der Waals surface area contributed by atoms with Crippen molar-refractivity contribution in [3.8, 4) is 0 Å². The molecule has 0 rings (SSSR count). The summed E-state index contributed by atoms with van der Waals surface area (Å²) in [4.78, 5) is 0. The Morgan fingerprint density at radius 3 is 1.38 bits per heavy atom. The SMILES string of the molecule is C=C[Si](C)(C)O[Si](C)(C)O[Si](OC)(OC)O[Si](C)(C)C=C. The summed E-state index contributed by atoms with van der Waals surface area (Å²) in [6.07, 6.45) is 0. The summed E-state index contributed by atoms with van der Waals surface area (Å²) >= 11 is 0. The van der Waals surface area contributed by atoms with E-state index >= 15 is 0 Å². The van der Waals surface area contributed by atoms with Crippen LogP contribution in [-0.4, -0.2) is 48.5 Å². The van der Waals surface area contributed by atoms with E-state index in [4.69, 9.17) is 21.2 Å². The molecule has 0 aromatic carbocycles. The quantitative estimate of drug-likeness (QED) is 0.555. The van der Waals surface area contributed by atoms with Crippen LogP contribution in [-0.2, 0) is 21.2 Å². The standard InChI is InChI=1S/C12H30O5Si4/c1-11-18(5,6)15-20(9,10)17-21(13-3,14-4)16-19(7,8)12-2/h11-12H,1-2H2,3-10H3. The summed E-state index contributed by atoms with van der Waals surface area (Å²) in [5.74, 6) is 0. The highest BCUT2D eigenvalue weighted by molar-refractivity contribution is 6.89. The van der Waals surface area contributed by atoms with Gasteiger partial charge in [-0.25, -0.2) is 0 Å². The summed E-state index contributed by atoms with van der Waals surface area (Å²) < 4.78 is 29.5. The van der Waals surface area contributed by atoms with Gasteiger partial charge in [0.15, 0.2) is 8.32 Å². The molecule has 0 radical (unpaired) electrons. The zero-order chi connectivity index (χ0) is 16.9. The Morgan fingerprint density at radius 1 is 0.667 bits per heavy atom. The molecule has 0 bridgehead atoms. The molecule has 0 heterocycles. The summed E-state index contributed by atoms with van der Waals surface area (Å²) in [5.41, 5.74) is 3.71. The lowest BCUT2D eigenvalue weighted by Gasteiger charge is -2.39. The maximum Gasteiger partial charge on any atom is 0.659 e. The summed E-state index contributed by atoms with van der Waals surface area (Å²) in [6.45, 7) is 19.8. The molecule has 0 aromatic heterocycles. The van der Waals surface area contributed by atoms with E-state index in [2.05, 4.69) is 26.3 Å². The number of hydrogen-bond donors (Lipinski definition) is 0. The van der Waals surface area contributed by atoms with E-state index in [1.54, 1.807) is 14.2 Å². The van der Waals surface area contributed by atoms with Crippen LogP contribution in [0.5, 0.6) is 0 Å². The molecule has 0 fully saturated rings. The molecule has 0 atom stereocenters. The van der Waals surface area contributed by atoms with Gasteiger partial charge in [-0.05, 0) is 39.3 Å². The number of rotatable bonds is 10. The number of hydrogen-bond acceptors (Lipinski definition) is 5. The Bertz CT molecular complexity index is 367. The van der Waals surface area contributed by atoms with E-state index in [9.17, 15) is 0 Å². The molecule has 0 amide bonds. The van der Waals surface area contributed by atoms with E-state index in [1.165, 1.54) is 0 Å². The molecular formula is C12H30O5Si4. The maximum atomic E-state index is 6.20. The van der Waals surface area contributed by atoms with Gasteiger partial charge < -0.3 is 21.2 Å². The van der Waals surface area contributed by atoms with Gasteiger partial charge in [-0.3, -0.25) is 0 Å². The van der Waals surface area contributed by atoms with Gasteiger partial charge >= 0.3 is 17.6 Å². The Balaban J connectivity index is 5.23. The molecule has 9 heteroatoms. The zero-order valence-corrected chi connectivity index (χ0v) is 18.6. The van der Waals surface area contributed by atoms with Gasteiger partial charge in [-0.2, -0.15) is 0 Å². The fourth-order valence-corrected chi connectivity index (χ4v) is 14.9. The van der Waals surface area contributed by atoms with E-state index in [0.29, 0.717) is 0 Å². The monoisotopic (exact) mass is 366 g/mol. The lowest BCUT2D eigenvalue weighted by Crippen LogP contribution is -2.61. The minimum Gasteiger partial charge on any atom is -0.433 e. The third-order valence-electron chi connectivity index (χ3n) is 2.75. The molecular weight excluding hydrogens is 336 g/mol. The highest BCUT2D eigenvalue weighted by Gasteiger charge is 2.53. The van der Waals surface area contributed by atoms with Crippen LogP contribution in [0.15, 0.2) is 24.6 Å². The largest absolute Gasteiger partial charge is 0.659 e. The van der Waals surface area contributed by atoms with Gasteiger partial charge in [0.2, 0.25) is 8.32 Å². The minimum atomic E-state index is -3.23. The van der Waals surface area contributed by atoms with Gasteiger partial charge in [-0.1, -0.05) is 11.4 Å². The zero-order valence-electron chi connectivity index (χ0n) is 14.6. The lowest BCUT2D eigenvalue weighted by atomic mass is 11.3. The molecule has 0 aliphatic heterocycles. The molecule has 0 aliphatic carbocycles. The highest BCUT2D eigenvalue weighted by atomic mass is 28.5. The van der Waals surface area contributed by atoms with Gasteiger partial charge in [0.1, 0.15) is 0 Å². The molecule has 124 valence electrons. The van der Waals surface area contributed by atoms with Crippen molar-refractivity contribution in [2.75, 3.05) is 14.2 Å². The van der Waals surface area contributed by atoms with Crippen LogP contribution in [0, 0.1) is 0 Å². The van der Waals surface area contributed by atoms with E-state index in [-0.39, 0.29) is 0 Å². The first-order chi connectivity index (χ1) is 9.36. The predicted molar refractivity (Wildman–Crippen MR) is 95.9 cm³/mol. The lowest BCUT2D eigenvalue weighted by molar-refractivity contribution is 0.0693. The molecule has 0 spiro atoms. The van der Waals surface area contributed by atoms with Crippen LogP contribution in [0.4, 0.5) is 0 Å². The molecule has 5 nitrogen and oxygen atoms in total. The highest BCUT2D eigenvalue weighted by Crippen LogP contribution is 2.25.